The molecule has 0 fully saturated rings. The fourth-order valence-corrected chi connectivity index (χ4v) is 1.43. The molecular formula is C10H14S. The first-order chi connectivity index (χ1) is 5.35. The topological polar surface area (TPSA) is 0 Å². The lowest BCUT2D eigenvalue weighted by molar-refractivity contribution is 1.22. The molecule has 0 atom stereocenters. The van der Waals surface area contributed by atoms with Gasteiger partial charge in [-0.1, -0.05) is 31.1 Å². The van der Waals surface area contributed by atoms with Gasteiger partial charge in [-0.15, -0.1) is 18.2 Å². The van der Waals surface area contributed by atoms with Crippen molar-refractivity contribution >= 4 is 11.8 Å². The largest absolute Gasteiger partial charge is 0.119 e. The molecule has 0 aromatic rings. The summed E-state index contributed by atoms with van der Waals surface area (Å²) in [6, 6.07) is 0. The van der Waals surface area contributed by atoms with E-state index in [-0.39, 0.29) is 0 Å². The zero-order chi connectivity index (χ0) is 8.53. The van der Waals surface area contributed by atoms with Gasteiger partial charge in [0.25, 0.3) is 0 Å². The molecule has 0 aromatic heterocycles. The standard InChI is InChI=1S/C10H14S/c1-4-7-10(8-5-2)11-9-6-3/h3-4,7-8H,5,9H2,1-2H3/b7-4-,10-8+. The van der Waals surface area contributed by atoms with Crippen LogP contribution >= 0.6 is 11.8 Å². The molecule has 0 spiro atoms. The van der Waals surface area contributed by atoms with E-state index in [9.17, 15) is 0 Å². The van der Waals surface area contributed by atoms with Gasteiger partial charge in [-0.05, 0) is 13.3 Å². The smallest absolute Gasteiger partial charge is 0.0592 e. The SMILES string of the molecule is C#CCSC(/C=C\C)=C/CC. The summed E-state index contributed by atoms with van der Waals surface area (Å²) in [6.45, 7) is 4.14. The Morgan fingerprint density at radius 3 is 2.82 bits per heavy atom. The fraction of sp³-hybridized carbons (Fsp3) is 0.400. The molecule has 0 saturated carbocycles. The van der Waals surface area contributed by atoms with Crippen molar-refractivity contribution in [2.75, 3.05) is 5.75 Å². The molecule has 0 unspecified atom stereocenters. The van der Waals surface area contributed by atoms with Crippen LogP contribution in [0, 0.1) is 12.3 Å². The highest BCUT2D eigenvalue weighted by molar-refractivity contribution is 8.03. The second-order valence-electron chi connectivity index (χ2n) is 2.01. The summed E-state index contributed by atoms with van der Waals surface area (Å²) in [6.07, 6.45) is 12.5. The molecule has 0 aliphatic heterocycles. The third kappa shape index (κ3) is 5.82. The van der Waals surface area contributed by atoms with E-state index in [1.54, 1.807) is 11.8 Å². The van der Waals surface area contributed by atoms with Crippen LogP contribution in [0.15, 0.2) is 23.1 Å². The highest BCUT2D eigenvalue weighted by Crippen LogP contribution is 2.16. The van der Waals surface area contributed by atoms with E-state index in [1.807, 2.05) is 13.0 Å². The van der Waals surface area contributed by atoms with Crippen LogP contribution in [0.1, 0.15) is 20.3 Å². The van der Waals surface area contributed by atoms with Gasteiger partial charge in [-0.3, -0.25) is 0 Å². The maximum atomic E-state index is 5.15. The Balaban J connectivity index is 3.92. The first-order valence-corrected chi connectivity index (χ1v) is 4.72. The third-order valence-corrected chi connectivity index (χ3v) is 2.01. The monoisotopic (exact) mass is 166 g/mol. The molecule has 11 heavy (non-hydrogen) atoms. The van der Waals surface area contributed by atoms with Crippen LogP contribution < -0.4 is 0 Å². The van der Waals surface area contributed by atoms with E-state index in [1.165, 1.54) is 4.91 Å². The van der Waals surface area contributed by atoms with Crippen LogP contribution in [-0.4, -0.2) is 5.75 Å². The summed E-state index contributed by atoms with van der Waals surface area (Å²) in [5.41, 5.74) is 0. The van der Waals surface area contributed by atoms with Crippen molar-refractivity contribution in [1.29, 1.82) is 0 Å². The van der Waals surface area contributed by atoms with Gasteiger partial charge in [-0.2, -0.15) is 0 Å². The molecular weight excluding hydrogens is 152 g/mol. The van der Waals surface area contributed by atoms with E-state index in [2.05, 4.69) is 25.0 Å². The van der Waals surface area contributed by atoms with Crippen LogP contribution in [0.4, 0.5) is 0 Å². The number of terminal acetylenes is 1. The van der Waals surface area contributed by atoms with Crippen molar-refractivity contribution in [1.82, 2.24) is 0 Å². The number of rotatable bonds is 4. The first-order valence-electron chi connectivity index (χ1n) is 3.74. The molecule has 0 bridgehead atoms. The molecule has 0 rings (SSSR count). The van der Waals surface area contributed by atoms with Crippen LogP contribution in [0.5, 0.6) is 0 Å². The molecule has 0 aliphatic carbocycles. The molecule has 0 radical (unpaired) electrons. The lowest BCUT2D eigenvalue weighted by Crippen LogP contribution is -1.73. The molecule has 0 aromatic carbocycles. The molecule has 0 amide bonds. The van der Waals surface area contributed by atoms with Crippen LogP contribution in [0.3, 0.4) is 0 Å². The number of hydrogen-bond donors (Lipinski definition) is 0. The van der Waals surface area contributed by atoms with Gasteiger partial charge in [-0.25, -0.2) is 0 Å². The van der Waals surface area contributed by atoms with Crippen LogP contribution in [0.2, 0.25) is 0 Å². The highest BCUT2D eigenvalue weighted by atomic mass is 32.2. The molecule has 1 heteroatoms. The highest BCUT2D eigenvalue weighted by Gasteiger charge is 1.88. The zero-order valence-electron chi connectivity index (χ0n) is 7.13. The number of hydrogen-bond acceptors (Lipinski definition) is 1. The molecule has 0 nitrogen and oxygen atoms in total. The number of thioether (sulfide) groups is 1. The van der Waals surface area contributed by atoms with E-state index >= 15 is 0 Å². The normalized spacial score (nSPS) is 11.9. The van der Waals surface area contributed by atoms with Gasteiger partial charge in [0.2, 0.25) is 0 Å². The molecule has 0 saturated heterocycles. The van der Waals surface area contributed by atoms with Gasteiger partial charge >= 0.3 is 0 Å². The van der Waals surface area contributed by atoms with Crippen molar-refractivity contribution in [2.45, 2.75) is 20.3 Å². The van der Waals surface area contributed by atoms with Crippen molar-refractivity contribution < 1.29 is 0 Å². The second kappa shape index (κ2) is 7.50. The molecule has 0 aliphatic rings. The quantitative estimate of drug-likeness (QED) is 0.456. The Kier molecular flexibility index (Phi) is 7.08. The zero-order valence-corrected chi connectivity index (χ0v) is 7.95. The van der Waals surface area contributed by atoms with Crippen molar-refractivity contribution in [3.05, 3.63) is 23.1 Å². The summed E-state index contributed by atoms with van der Waals surface area (Å²) >= 11 is 1.71. The van der Waals surface area contributed by atoms with Gasteiger partial charge < -0.3 is 0 Å². The van der Waals surface area contributed by atoms with Gasteiger partial charge in [0, 0.05) is 4.91 Å². The Morgan fingerprint density at radius 2 is 2.36 bits per heavy atom. The predicted molar refractivity (Wildman–Crippen MR) is 54.5 cm³/mol. The lowest BCUT2D eigenvalue weighted by Gasteiger charge is -1.96. The first kappa shape index (κ1) is 10.4. The number of allylic oxidation sites excluding steroid dienone is 3. The fourth-order valence-electron chi connectivity index (χ4n) is 0.666. The van der Waals surface area contributed by atoms with E-state index in [0.29, 0.717) is 0 Å². The Bertz CT molecular complexity index is 182. The lowest BCUT2D eigenvalue weighted by atomic mass is 10.4. The summed E-state index contributed by atoms with van der Waals surface area (Å²) in [5, 5.41) is 0. The second-order valence-corrected chi connectivity index (χ2v) is 3.06. The van der Waals surface area contributed by atoms with Crippen molar-refractivity contribution in [2.24, 2.45) is 0 Å². The summed E-state index contributed by atoms with van der Waals surface area (Å²) in [5.74, 6) is 3.36. The van der Waals surface area contributed by atoms with Gasteiger partial charge in [0.15, 0.2) is 0 Å². The van der Waals surface area contributed by atoms with Gasteiger partial charge in [0.1, 0.15) is 0 Å². The minimum Gasteiger partial charge on any atom is -0.119 e. The minimum absolute atomic E-state index is 0.760. The van der Waals surface area contributed by atoms with E-state index in [0.717, 1.165) is 12.2 Å². The molecule has 60 valence electrons. The van der Waals surface area contributed by atoms with Crippen molar-refractivity contribution in [3.8, 4) is 12.3 Å². The Labute approximate surface area is 73.8 Å². The molecule has 0 N–H and O–H groups in total. The third-order valence-electron chi connectivity index (χ3n) is 1.06. The maximum absolute atomic E-state index is 5.15. The van der Waals surface area contributed by atoms with Crippen LogP contribution in [0.25, 0.3) is 0 Å². The van der Waals surface area contributed by atoms with Crippen LogP contribution in [-0.2, 0) is 0 Å². The maximum Gasteiger partial charge on any atom is 0.0592 e. The van der Waals surface area contributed by atoms with Gasteiger partial charge in [0.05, 0.1) is 5.75 Å². The summed E-state index contributed by atoms with van der Waals surface area (Å²) in [4.78, 5) is 1.27. The molecule has 0 heterocycles. The Hall–Kier alpha value is -0.610. The van der Waals surface area contributed by atoms with E-state index in [4.69, 9.17) is 6.42 Å². The predicted octanol–water partition coefficient (Wildman–Crippen LogP) is 3.22. The van der Waals surface area contributed by atoms with E-state index < -0.39 is 0 Å². The average Bonchev–Trinajstić information content (AvgIpc) is 2.01. The summed E-state index contributed by atoms with van der Waals surface area (Å²) < 4.78 is 0. The minimum atomic E-state index is 0.760. The average molecular weight is 166 g/mol. The Morgan fingerprint density at radius 1 is 1.64 bits per heavy atom. The van der Waals surface area contributed by atoms with Crippen molar-refractivity contribution in [3.63, 3.8) is 0 Å². The summed E-state index contributed by atoms with van der Waals surface area (Å²) in [7, 11) is 0.